The third-order valence-electron chi connectivity index (χ3n) is 10.8. The van der Waals surface area contributed by atoms with E-state index in [9.17, 15) is 0 Å². The van der Waals surface area contributed by atoms with Gasteiger partial charge >= 0.3 is 0 Å². The zero-order chi connectivity index (χ0) is 37.3. The Kier molecular flexibility index (Phi) is 8.55. The minimum Gasteiger partial charge on any atom is -0.310 e. The van der Waals surface area contributed by atoms with Gasteiger partial charge in [0.05, 0.1) is 16.7 Å². The first-order chi connectivity index (χ1) is 27.8. The fraction of sp³-hybridized carbons (Fsp3) is 0. The van der Waals surface area contributed by atoms with Gasteiger partial charge in [0.2, 0.25) is 0 Å². The van der Waals surface area contributed by atoms with Gasteiger partial charge in [0.15, 0.2) is 0 Å². The molecular weight excluding hydrogens is 677 g/mol. The van der Waals surface area contributed by atoms with E-state index in [4.69, 9.17) is 0 Å². The lowest BCUT2D eigenvalue weighted by Crippen LogP contribution is -2.11. The summed E-state index contributed by atoms with van der Waals surface area (Å²) in [5.41, 5.74) is 16.2. The number of anilines is 3. The number of benzene rings is 9. The highest BCUT2D eigenvalue weighted by Gasteiger charge is 2.20. The van der Waals surface area contributed by atoms with Gasteiger partial charge < -0.3 is 9.47 Å². The van der Waals surface area contributed by atoms with Gasteiger partial charge in [0, 0.05) is 33.4 Å². The average Bonchev–Trinajstić information content (AvgIpc) is 3.62. The highest BCUT2D eigenvalue weighted by atomic mass is 15.1. The van der Waals surface area contributed by atoms with Crippen LogP contribution in [-0.4, -0.2) is 4.57 Å². The molecule has 1 heterocycles. The van der Waals surface area contributed by atoms with E-state index in [-0.39, 0.29) is 0 Å². The fourth-order valence-corrected chi connectivity index (χ4v) is 8.10. The van der Waals surface area contributed by atoms with E-state index >= 15 is 0 Å². The Balaban J connectivity index is 1.12. The summed E-state index contributed by atoms with van der Waals surface area (Å²) < 4.78 is 2.38. The molecule has 0 amide bonds. The Bertz CT molecular complexity index is 2890. The van der Waals surface area contributed by atoms with Crippen LogP contribution in [-0.2, 0) is 0 Å². The van der Waals surface area contributed by atoms with Crippen molar-refractivity contribution < 1.29 is 0 Å². The zero-order valence-corrected chi connectivity index (χ0v) is 30.8. The predicted octanol–water partition coefficient (Wildman–Crippen LogP) is 14.9. The molecular formula is C54H38N2. The molecule has 10 rings (SSSR count). The lowest BCUT2D eigenvalue weighted by molar-refractivity contribution is 1.18. The van der Waals surface area contributed by atoms with E-state index in [0.29, 0.717) is 0 Å². The third kappa shape index (κ3) is 6.14. The predicted molar refractivity (Wildman–Crippen MR) is 237 cm³/mol. The SMILES string of the molecule is c1ccc(-c2cccc(N(c3ccc(-c4cccc(-n5c6ccccc6c6ccccc65)c4)cc3)c3cc(-c4ccccc4)ccc3-c3ccccc3)c2)cc1. The molecule has 2 heteroatoms. The van der Waals surface area contributed by atoms with Crippen molar-refractivity contribution >= 4 is 38.9 Å². The standard InChI is InChI=1S/C54H38N2/c1-4-16-39(17-5-1)43-22-14-24-47(36-43)55(54-38-45(40-18-6-2-7-19-40)32-35-49(54)42-20-8-3-9-21-42)46-33-30-41(31-34-46)44-23-15-25-48(37-44)56-52-28-12-10-26-50(52)51-27-11-13-29-53(51)56/h1-38H. The average molecular weight is 715 g/mol. The van der Waals surface area contributed by atoms with Gasteiger partial charge in [-0.15, -0.1) is 0 Å². The van der Waals surface area contributed by atoms with Crippen LogP contribution >= 0.6 is 0 Å². The molecule has 0 bridgehead atoms. The van der Waals surface area contributed by atoms with E-state index in [1.165, 1.54) is 60.8 Å². The number of para-hydroxylation sites is 2. The van der Waals surface area contributed by atoms with Crippen LogP contribution in [0.4, 0.5) is 17.1 Å². The maximum atomic E-state index is 2.42. The molecule has 1 aromatic heterocycles. The van der Waals surface area contributed by atoms with Crippen LogP contribution in [0.15, 0.2) is 231 Å². The Hall–Kier alpha value is -7.42. The van der Waals surface area contributed by atoms with Crippen LogP contribution in [0.3, 0.4) is 0 Å². The number of hydrogen-bond acceptors (Lipinski definition) is 1. The Morgan fingerprint density at radius 1 is 0.286 bits per heavy atom. The van der Waals surface area contributed by atoms with Crippen LogP contribution in [0, 0.1) is 0 Å². The second-order valence-corrected chi connectivity index (χ2v) is 14.2. The first kappa shape index (κ1) is 33.2. The fourth-order valence-electron chi connectivity index (χ4n) is 8.10. The van der Waals surface area contributed by atoms with E-state index in [1.54, 1.807) is 0 Å². The lowest BCUT2D eigenvalue weighted by Gasteiger charge is -2.29. The van der Waals surface area contributed by atoms with Crippen molar-refractivity contribution in [3.63, 3.8) is 0 Å². The van der Waals surface area contributed by atoms with Crippen molar-refractivity contribution in [3.05, 3.63) is 231 Å². The van der Waals surface area contributed by atoms with Gasteiger partial charge in [-0.3, -0.25) is 0 Å². The monoisotopic (exact) mass is 714 g/mol. The van der Waals surface area contributed by atoms with E-state index < -0.39 is 0 Å². The van der Waals surface area contributed by atoms with Crippen LogP contribution in [0.2, 0.25) is 0 Å². The molecule has 0 atom stereocenters. The molecule has 56 heavy (non-hydrogen) atoms. The minimum atomic E-state index is 1.08. The summed E-state index contributed by atoms with van der Waals surface area (Å²) in [4.78, 5) is 2.42. The summed E-state index contributed by atoms with van der Waals surface area (Å²) in [6.07, 6.45) is 0. The molecule has 264 valence electrons. The Morgan fingerprint density at radius 2 is 0.750 bits per heavy atom. The minimum absolute atomic E-state index is 1.08. The van der Waals surface area contributed by atoms with E-state index in [1.807, 2.05) is 0 Å². The summed E-state index contributed by atoms with van der Waals surface area (Å²) in [6, 6.07) is 83.1. The Morgan fingerprint density at radius 3 is 1.38 bits per heavy atom. The quantitative estimate of drug-likeness (QED) is 0.152. The smallest absolute Gasteiger partial charge is 0.0546 e. The second-order valence-electron chi connectivity index (χ2n) is 14.2. The van der Waals surface area contributed by atoms with Crippen LogP contribution < -0.4 is 4.90 Å². The maximum absolute atomic E-state index is 2.42. The summed E-state index contributed by atoms with van der Waals surface area (Å²) >= 11 is 0. The number of aromatic nitrogens is 1. The van der Waals surface area contributed by atoms with E-state index in [0.717, 1.165) is 28.3 Å². The molecule has 9 aromatic carbocycles. The molecule has 2 nitrogen and oxygen atoms in total. The maximum Gasteiger partial charge on any atom is 0.0546 e. The van der Waals surface area contributed by atoms with Crippen molar-refractivity contribution in [1.29, 1.82) is 0 Å². The normalized spacial score (nSPS) is 11.2. The van der Waals surface area contributed by atoms with Gasteiger partial charge in [-0.1, -0.05) is 176 Å². The van der Waals surface area contributed by atoms with Crippen molar-refractivity contribution in [3.8, 4) is 50.2 Å². The first-order valence-electron chi connectivity index (χ1n) is 19.2. The summed E-state index contributed by atoms with van der Waals surface area (Å²) in [5.74, 6) is 0. The van der Waals surface area contributed by atoms with Gasteiger partial charge in [0.25, 0.3) is 0 Å². The molecule has 0 N–H and O–H groups in total. The second kappa shape index (κ2) is 14.4. The highest BCUT2D eigenvalue weighted by Crippen LogP contribution is 2.44. The molecule has 10 aromatic rings. The summed E-state index contributed by atoms with van der Waals surface area (Å²) in [5, 5.41) is 2.53. The zero-order valence-electron chi connectivity index (χ0n) is 30.8. The Labute approximate surface area is 327 Å². The summed E-state index contributed by atoms with van der Waals surface area (Å²) in [6.45, 7) is 0. The van der Waals surface area contributed by atoms with Gasteiger partial charge in [-0.25, -0.2) is 0 Å². The van der Waals surface area contributed by atoms with Crippen LogP contribution in [0.25, 0.3) is 72.0 Å². The third-order valence-corrected chi connectivity index (χ3v) is 10.8. The molecule has 0 saturated carbocycles. The number of rotatable bonds is 8. The first-order valence-corrected chi connectivity index (χ1v) is 19.2. The molecule has 0 aliphatic heterocycles. The molecule has 0 fully saturated rings. The number of hydrogen-bond donors (Lipinski definition) is 0. The molecule has 0 spiro atoms. The lowest BCUT2D eigenvalue weighted by atomic mass is 9.96. The van der Waals surface area contributed by atoms with Gasteiger partial charge in [-0.2, -0.15) is 0 Å². The van der Waals surface area contributed by atoms with Crippen molar-refractivity contribution in [2.75, 3.05) is 4.90 Å². The van der Waals surface area contributed by atoms with Crippen molar-refractivity contribution in [1.82, 2.24) is 4.57 Å². The number of nitrogens with zero attached hydrogens (tertiary/aromatic N) is 2. The molecule has 0 unspecified atom stereocenters. The molecule has 0 aliphatic rings. The molecule has 0 saturated heterocycles. The van der Waals surface area contributed by atoms with Gasteiger partial charge in [-0.05, 0) is 93.5 Å². The van der Waals surface area contributed by atoms with Gasteiger partial charge in [0.1, 0.15) is 0 Å². The largest absolute Gasteiger partial charge is 0.310 e. The number of fused-ring (bicyclic) bond motifs is 3. The van der Waals surface area contributed by atoms with Crippen LogP contribution in [0.5, 0.6) is 0 Å². The summed E-state index contributed by atoms with van der Waals surface area (Å²) in [7, 11) is 0. The topological polar surface area (TPSA) is 8.17 Å². The molecule has 0 aliphatic carbocycles. The molecule has 0 radical (unpaired) electrons. The highest BCUT2D eigenvalue weighted by molar-refractivity contribution is 6.09. The van der Waals surface area contributed by atoms with Crippen molar-refractivity contribution in [2.45, 2.75) is 0 Å². The van der Waals surface area contributed by atoms with Crippen LogP contribution in [0.1, 0.15) is 0 Å². The van der Waals surface area contributed by atoms with Crippen molar-refractivity contribution in [2.24, 2.45) is 0 Å². The van der Waals surface area contributed by atoms with E-state index in [2.05, 4.69) is 240 Å².